The van der Waals surface area contributed by atoms with Gasteiger partial charge in [-0.2, -0.15) is 0 Å². The highest BCUT2D eigenvalue weighted by Gasteiger charge is 2.41. The molecular weight excluding hydrogens is 442 g/mol. The Labute approximate surface area is 195 Å². The number of rotatable bonds is 7. The number of methoxy groups -OCH3 is 1. The molecular formula is C24H23N3O7. The summed E-state index contributed by atoms with van der Waals surface area (Å²) in [6.45, 7) is 0.161. The van der Waals surface area contributed by atoms with Crippen molar-refractivity contribution in [2.75, 3.05) is 7.11 Å². The molecule has 2 aromatic rings. The summed E-state index contributed by atoms with van der Waals surface area (Å²) >= 11 is 0. The van der Waals surface area contributed by atoms with Crippen LogP contribution in [0.15, 0.2) is 48.0 Å². The van der Waals surface area contributed by atoms with Gasteiger partial charge in [0.1, 0.15) is 12.2 Å². The number of hydrogen-bond donors (Lipinski definition) is 1. The lowest BCUT2D eigenvalue weighted by atomic mass is 10.0. The standard InChI is InChI=1S/C24H23N3O7/c1-33-20-12-16(19(27(31)32)13-21(20)34-14-15-7-3-2-4-8-15)11-18-22(28)25-24(30)26(23(18)29)17-9-5-6-10-17/h2-4,7-8,11-13,17H,5-6,9-10,14H2,1H3,(H,25,28,30)/b18-11+. The fraction of sp³-hybridized carbons (Fsp3) is 0.292. The van der Waals surface area contributed by atoms with E-state index in [1.807, 2.05) is 30.3 Å². The topological polar surface area (TPSA) is 128 Å². The molecule has 0 unspecified atom stereocenters. The molecule has 4 rings (SSSR count). The monoisotopic (exact) mass is 465 g/mol. The number of benzene rings is 2. The summed E-state index contributed by atoms with van der Waals surface area (Å²) in [6, 6.07) is 10.7. The van der Waals surface area contributed by atoms with Gasteiger partial charge >= 0.3 is 6.03 Å². The van der Waals surface area contributed by atoms with Gasteiger partial charge in [0.2, 0.25) is 0 Å². The molecule has 10 heteroatoms. The molecule has 1 heterocycles. The molecule has 1 N–H and O–H groups in total. The summed E-state index contributed by atoms with van der Waals surface area (Å²) < 4.78 is 11.1. The van der Waals surface area contributed by atoms with Crippen LogP contribution in [0.25, 0.3) is 6.08 Å². The summed E-state index contributed by atoms with van der Waals surface area (Å²) in [7, 11) is 1.38. The summed E-state index contributed by atoms with van der Waals surface area (Å²) in [5.41, 5.74) is 0.114. The van der Waals surface area contributed by atoms with Gasteiger partial charge in [-0.3, -0.25) is 29.9 Å². The summed E-state index contributed by atoms with van der Waals surface area (Å²) in [4.78, 5) is 50.0. The highest BCUT2D eigenvalue weighted by molar-refractivity contribution is 6.31. The predicted molar refractivity (Wildman–Crippen MR) is 121 cm³/mol. The molecule has 1 aliphatic carbocycles. The highest BCUT2D eigenvalue weighted by atomic mass is 16.6. The van der Waals surface area contributed by atoms with Crippen molar-refractivity contribution in [1.82, 2.24) is 10.2 Å². The first-order valence-corrected chi connectivity index (χ1v) is 10.8. The van der Waals surface area contributed by atoms with Gasteiger partial charge in [0, 0.05) is 6.04 Å². The normalized spacial score (nSPS) is 17.7. The zero-order valence-electron chi connectivity index (χ0n) is 18.5. The van der Waals surface area contributed by atoms with Gasteiger partial charge < -0.3 is 9.47 Å². The minimum Gasteiger partial charge on any atom is -0.493 e. The van der Waals surface area contributed by atoms with Crippen LogP contribution in [-0.2, 0) is 16.2 Å². The maximum absolute atomic E-state index is 13.0. The van der Waals surface area contributed by atoms with Crippen molar-refractivity contribution < 1.29 is 28.8 Å². The number of amides is 4. The van der Waals surface area contributed by atoms with Gasteiger partial charge in [0.05, 0.1) is 23.7 Å². The van der Waals surface area contributed by atoms with Crippen molar-refractivity contribution in [3.8, 4) is 11.5 Å². The van der Waals surface area contributed by atoms with Crippen LogP contribution in [0, 0.1) is 10.1 Å². The van der Waals surface area contributed by atoms with E-state index >= 15 is 0 Å². The first-order valence-electron chi connectivity index (χ1n) is 10.8. The van der Waals surface area contributed by atoms with Crippen LogP contribution < -0.4 is 14.8 Å². The lowest BCUT2D eigenvalue weighted by Crippen LogP contribution is -2.57. The van der Waals surface area contributed by atoms with Crippen LogP contribution in [0.3, 0.4) is 0 Å². The minimum absolute atomic E-state index is 0.0202. The lowest BCUT2D eigenvalue weighted by Gasteiger charge is -2.31. The lowest BCUT2D eigenvalue weighted by molar-refractivity contribution is -0.385. The number of barbiturate groups is 1. The van der Waals surface area contributed by atoms with Crippen molar-refractivity contribution in [2.45, 2.75) is 38.3 Å². The molecule has 1 aliphatic heterocycles. The van der Waals surface area contributed by atoms with Crippen molar-refractivity contribution in [1.29, 1.82) is 0 Å². The average molecular weight is 465 g/mol. The average Bonchev–Trinajstić information content (AvgIpc) is 3.35. The molecule has 1 saturated heterocycles. The maximum Gasteiger partial charge on any atom is 0.331 e. The molecule has 0 aromatic heterocycles. The van der Waals surface area contributed by atoms with Crippen LogP contribution in [0.2, 0.25) is 0 Å². The van der Waals surface area contributed by atoms with E-state index in [2.05, 4.69) is 5.32 Å². The molecule has 2 aromatic carbocycles. The Bertz CT molecular complexity index is 1170. The summed E-state index contributed by atoms with van der Waals surface area (Å²) in [5, 5.41) is 14.0. The number of nitro groups is 1. The van der Waals surface area contributed by atoms with E-state index in [0.717, 1.165) is 29.4 Å². The molecule has 176 valence electrons. The Hall–Kier alpha value is -4.21. The number of nitro benzene ring substituents is 1. The number of nitrogens with one attached hydrogen (secondary N) is 1. The smallest absolute Gasteiger partial charge is 0.331 e. The third kappa shape index (κ3) is 4.61. The van der Waals surface area contributed by atoms with Crippen LogP contribution in [-0.4, -0.2) is 40.8 Å². The van der Waals surface area contributed by atoms with Crippen LogP contribution in [0.5, 0.6) is 11.5 Å². The van der Waals surface area contributed by atoms with Gasteiger partial charge in [-0.25, -0.2) is 4.79 Å². The molecule has 0 atom stereocenters. The quantitative estimate of drug-likeness (QED) is 0.286. The Morgan fingerprint density at radius 1 is 1.12 bits per heavy atom. The molecule has 2 fully saturated rings. The SMILES string of the molecule is COc1cc(/C=C2\C(=O)NC(=O)N(C3CCCC3)C2=O)c([N+](=O)[O-])cc1OCc1ccccc1. The first kappa shape index (κ1) is 23.0. The first-order chi connectivity index (χ1) is 16.4. The third-order valence-corrected chi connectivity index (χ3v) is 5.87. The van der Waals surface area contributed by atoms with Gasteiger partial charge in [0.15, 0.2) is 11.5 Å². The van der Waals surface area contributed by atoms with Gasteiger partial charge in [-0.15, -0.1) is 0 Å². The third-order valence-electron chi connectivity index (χ3n) is 5.87. The van der Waals surface area contributed by atoms with Crippen molar-refractivity contribution in [3.05, 3.63) is 69.3 Å². The number of hydrogen-bond acceptors (Lipinski definition) is 7. The fourth-order valence-electron chi connectivity index (χ4n) is 4.17. The number of imide groups is 2. The molecule has 0 spiro atoms. The van der Waals surface area contributed by atoms with E-state index in [9.17, 15) is 24.5 Å². The Morgan fingerprint density at radius 3 is 2.47 bits per heavy atom. The largest absolute Gasteiger partial charge is 0.493 e. The number of ether oxygens (including phenoxy) is 2. The number of carbonyl (C=O) groups excluding carboxylic acids is 3. The molecule has 34 heavy (non-hydrogen) atoms. The van der Waals surface area contributed by atoms with E-state index in [1.54, 1.807) is 0 Å². The van der Waals surface area contributed by atoms with E-state index in [1.165, 1.54) is 19.2 Å². The maximum atomic E-state index is 13.0. The number of carbonyl (C=O) groups is 3. The van der Waals surface area contributed by atoms with Gasteiger partial charge in [0.25, 0.3) is 17.5 Å². The number of urea groups is 1. The van der Waals surface area contributed by atoms with Crippen LogP contribution in [0.4, 0.5) is 10.5 Å². The molecule has 10 nitrogen and oxygen atoms in total. The van der Waals surface area contributed by atoms with E-state index in [-0.39, 0.29) is 41.0 Å². The second-order valence-electron chi connectivity index (χ2n) is 8.02. The number of nitrogens with zero attached hydrogens (tertiary/aromatic N) is 2. The predicted octanol–water partition coefficient (Wildman–Crippen LogP) is 3.59. The molecule has 0 bridgehead atoms. The van der Waals surface area contributed by atoms with Crippen LogP contribution >= 0.6 is 0 Å². The molecule has 4 amide bonds. The van der Waals surface area contributed by atoms with Crippen molar-refractivity contribution >= 4 is 29.6 Å². The Kier molecular flexibility index (Phi) is 6.58. The zero-order valence-corrected chi connectivity index (χ0v) is 18.5. The Balaban J connectivity index is 1.69. The fourth-order valence-corrected chi connectivity index (χ4v) is 4.17. The molecule has 2 aliphatic rings. The van der Waals surface area contributed by atoms with E-state index in [0.29, 0.717) is 12.8 Å². The van der Waals surface area contributed by atoms with Crippen LogP contribution in [0.1, 0.15) is 36.8 Å². The van der Waals surface area contributed by atoms with E-state index in [4.69, 9.17) is 9.47 Å². The highest BCUT2D eigenvalue weighted by Crippen LogP contribution is 2.37. The second kappa shape index (κ2) is 9.74. The van der Waals surface area contributed by atoms with E-state index < -0.39 is 22.8 Å². The molecule has 1 saturated carbocycles. The molecule has 0 radical (unpaired) electrons. The second-order valence-corrected chi connectivity index (χ2v) is 8.02. The van der Waals surface area contributed by atoms with Crippen molar-refractivity contribution in [3.63, 3.8) is 0 Å². The van der Waals surface area contributed by atoms with Gasteiger partial charge in [-0.1, -0.05) is 43.2 Å². The minimum atomic E-state index is -0.901. The summed E-state index contributed by atoms with van der Waals surface area (Å²) in [6.07, 6.45) is 4.18. The zero-order chi connectivity index (χ0) is 24.2. The Morgan fingerprint density at radius 2 is 1.82 bits per heavy atom. The summed E-state index contributed by atoms with van der Waals surface area (Å²) in [5.74, 6) is -1.33. The van der Waals surface area contributed by atoms with Crippen molar-refractivity contribution in [2.24, 2.45) is 0 Å². The van der Waals surface area contributed by atoms with Gasteiger partial charge in [-0.05, 0) is 30.5 Å².